The first kappa shape index (κ1) is 22.2. The number of halogens is 1. The molecule has 2 aliphatic rings. The van der Waals surface area contributed by atoms with Gasteiger partial charge in [-0.1, -0.05) is 18.2 Å². The monoisotopic (exact) mass is 463 g/mol. The van der Waals surface area contributed by atoms with Gasteiger partial charge in [-0.2, -0.15) is 5.10 Å². The molecule has 2 fully saturated rings. The van der Waals surface area contributed by atoms with E-state index in [-0.39, 0.29) is 23.4 Å². The molecule has 34 heavy (non-hydrogen) atoms. The van der Waals surface area contributed by atoms with E-state index in [1.54, 1.807) is 44.8 Å². The molecule has 3 aromatic rings. The molecule has 9 heteroatoms. The van der Waals surface area contributed by atoms with Gasteiger partial charge in [-0.05, 0) is 49.7 Å². The highest BCUT2D eigenvalue weighted by atomic mass is 19.1. The molecule has 2 aromatic carbocycles. The van der Waals surface area contributed by atoms with Gasteiger partial charge in [0.1, 0.15) is 5.82 Å². The Morgan fingerprint density at radius 3 is 2.50 bits per heavy atom. The maximum atomic E-state index is 14.7. The van der Waals surface area contributed by atoms with E-state index < -0.39 is 17.3 Å². The molecule has 0 aliphatic carbocycles. The van der Waals surface area contributed by atoms with Crippen LogP contribution < -0.4 is 10.7 Å². The normalized spacial score (nSPS) is 20.3. The van der Waals surface area contributed by atoms with E-state index >= 15 is 0 Å². The highest BCUT2D eigenvalue weighted by Gasteiger charge is 2.42. The maximum Gasteiger partial charge on any atom is 0.256 e. The summed E-state index contributed by atoms with van der Waals surface area (Å²) in [5.41, 5.74) is 0.690. The number of fused-ring (bicyclic) bond motifs is 1. The summed E-state index contributed by atoms with van der Waals surface area (Å²) in [6.45, 7) is 4.59. The number of rotatable bonds is 4. The van der Waals surface area contributed by atoms with Gasteiger partial charge in [0.25, 0.3) is 5.91 Å². The summed E-state index contributed by atoms with van der Waals surface area (Å²) >= 11 is 0. The van der Waals surface area contributed by atoms with Gasteiger partial charge in [0.2, 0.25) is 11.3 Å². The van der Waals surface area contributed by atoms with Crippen LogP contribution in [-0.2, 0) is 11.3 Å². The van der Waals surface area contributed by atoms with Gasteiger partial charge in [0, 0.05) is 31.6 Å². The number of piperazine rings is 1. The van der Waals surface area contributed by atoms with Crippen LogP contribution in [0.25, 0.3) is 10.9 Å². The minimum Gasteiger partial charge on any atom is -0.338 e. The third kappa shape index (κ3) is 3.96. The molecule has 3 heterocycles. The molecule has 1 N–H and O–H groups in total. The van der Waals surface area contributed by atoms with E-state index in [1.807, 2.05) is 13.0 Å². The van der Waals surface area contributed by atoms with Crippen LogP contribution in [0.4, 0.5) is 4.39 Å². The summed E-state index contributed by atoms with van der Waals surface area (Å²) in [5, 5.41) is 7.95. The molecule has 8 nitrogen and oxygen atoms in total. The Morgan fingerprint density at radius 2 is 1.79 bits per heavy atom. The van der Waals surface area contributed by atoms with Crippen molar-refractivity contribution in [3.05, 3.63) is 75.8 Å². The van der Waals surface area contributed by atoms with E-state index in [9.17, 15) is 18.8 Å². The smallest absolute Gasteiger partial charge is 0.256 e. The summed E-state index contributed by atoms with van der Waals surface area (Å²) in [5.74, 6) is -0.923. The number of amides is 2. The van der Waals surface area contributed by atoms with Gasteiger partial charge in [0.05, 0.1) is 29.4 Å². The lowest BCUT2D eigenvalue weighted by Crippen LogP contribution is -2.66. The number of aromatic nitrogens is 2. The van der Waals surface area contributed by atoms with Crippen molar-refractivity contribution in [2.75, 3.05) is 32.7 Å². The molecular weight excluding hydrogens is 437 g/mol. The first-order valence-corrected chi connectivity index (χ1v) is 11.4. The van der Waals surface area contributed by atoms with Crippen molar-refractivity contribution < 1.29 is 14.0 Å². The van der Waals surface area contributed by atoms with Crippen LogP contribution in [0.1, 0.15) is 29.3 Å². The molecule has 176 valence electrons. The molecule has 5 rings (SSSR count). The second-order valence-electron chi connectivity index (χ2n) is 9.09. The van der Waals surface area contributed by atoms with Crippen molar-refractivity contribution in [1.29, 1.82) is 0 Å². The zero-order valence-corrected chi connectivity index (χ0v) is 19.0. The second kappa shape index (κ2) is 8.64. The molecule has 1 aromatic heterocycles. The molecule has 0 saturated carbocycles. The highest BCUT2D eigenvalue weighted by molar-refractivity contribution is 5.95. The number of benzene rings is 2. The van der Waals surface area contributed by atoms with E-state index in [0.29, 0.717) is 42.6 Å². The van der Waals surface area contributed by atoms with Gasteiger partial charge in [0.15, 0.2) is 0 Å². The molecular formula is C25H26FN5O3. The molecule has 2 aliphatic heterocycles. The average Bonchev–Trinajstić information content (AvgIpc) is 2.85. The lowest BCUT2D eigenvalue weighted by molar-refractivity contribution is -0.142. The standard InChI is InChI=1S/C25H26FN5O3/c1-25(8-9-27-25)24(34)30-12-10-29(11-13-30)23(33)19-14-17(6-7-20(19)26)16-31-21-5-3-2-4-18(21)22(32)15-28-31/h2-7,14-15,27H,8-13,16H2,1H3/t25-/m1/s1. The van der Waals surface area contributed by atoms with Crippen LogP contribution in [0.15, 0.2) is 53.5 Å². The summed E-state index contributed by atoms with van der Waals surface area (Å²) < 4.78 is 16.3. The van der Waals surface area contributed by atoms with Crippen molar-refractivity contribution in [2.45, 2.75) is 25.4 Å². The molecule has 2 amide bonds. The maximum absolute atomic E-state index is 14.7. The molecule has 0 bridgehead atoms. The molecule has 0 spiro atoms. The van der Waals surface area contributed by atoms with Crippen LogP contribution in [0, 0.1) is 5.82 Å². The Balaban J connectivity index is 1.32. The Bertz CT molecular complexity index is 1330. The largest absolute Gasteiger partial charge is 0.338 e. The Labute approximate surface area is 196 Å². The highest BCUT2D eigenvalue weighted by Crippen LogP contribution is 2.22. The summed E-state index contributed by atoms with van der Waals surface area (Å²) in [4.78, 5) is 41.3. The number of hydrogen-bond acceptors (Lipinski definition) is 5. The first-order valence-electron chi connectivity index (χ1n) is 11.4. The molecule has 0 radical (unpaired) electrons. The van der Waals surface area contributed by atoms with Gasteiger partial charge in [-0.25, -0.2) is 4.39 Å². The van der Waals surface area contributed by atoms with Crippen molar-refractivity contribution in [2.24, 2.45) is 0 Å². The van der Waals surface area contributed by atoms with Crippen LogP contribution in [0.3, 0.4) is 0 Å². The van der Waals surface area contributed by atoms with Crippen LogP contribution in [0.5, 0.6) is 0 Å². The summed E-state index contributed by atoms with van der Waals surface area (Å²) in [6, 6.07) is 11.6. The zero-order valence-electron chi connectivity index (χ0n) is 19.0. The predicted molar refractivity (Wildman–Crippen MR) is 125 cm³/mol. The lowest BCUT2D eigenvalue weighted by Gasteiger charge is -2.44. The van der Waals surface area contributed by atoms with Crippen LogP contribution >= 0.6 is 0 Å². The average molecular weight is 464 g/mol. The molecule has 2 saturated heterocycles. The quantitative estimate of drug-likeness (QED) is 0.636. The minimum absolute atomic E-state index is 0.00440. The second-order valence-corrected chi connectivity index (χ2v) is 9.09. The van der Waals surface area contributed by atoms with Crippen LogP contribution in [0.2, 0.25) is 0 Å². The number of carbonyl (C=O) groups excluding carboxylic acids is 2. The zero-order chi connectivity index (χ0) is 23.9. The topological polar surface area (TPSA) is 87.5 Å². The SMILES string of the molecule is C[C@]1(C(=O)N2CCN(C(=O)c3cc(Cn4ncc(=O)c5ccccc54)ccc3F)CC2)CCN1. The van der Waals surface area contributed by atoms with Crippen molar-refractivity contribution in [1.82, 2.24) is 24.9 Å². The summed E-state index contributed by atoms with van der Waals surface area (Å²) in [6.07, 6.45) is 2.07. The van der Waals surface area contributed by atoms with Crippen molar-refractivity contribution >= 4 is 22.7 Å². The Kier molecular flexibility index (Phi) is 5.65. The molecule has 0 unspecified atom stereocenters. The van der Waals surface area contributed by atoms with E-state index in [0.717, 1.165) is 13.0 Å². The van der Waals surface area contributed by atoms with Gasteiger partial charge in [-0.3, -0.25) is 19.1 Å². The number of carbonyl (C=O) groups is 2. The Morgan fingerprint density at radius 1 is 1.09 bits per heavy atom. The van der Waals surface area contributed by atoms with E-state index in [4.69, 9.17) is 0 Å². The predicted octanol–water partition coefficient (Wildman–Crippen LogP) is 1.62. The lowest BCUT2D eigenvalue weighted by atomic mass is 9.88. The molecule has 1 atom stereocenters. The number of para-hydroxylation sites is 1. The van der Waals surface area contributed by atoms with Crippen molar-refractivity contribution in [3.8, 4) is 0 Å². The third-order valence-corrected chi connectivity index (χ3v) is 6.82. The minimum atomic E-state index is -0.587. The Hall–Kier alpha value is -3.59. The van der Waals surface area contributed by atoms with E-state index in [1.165, 1.54) is 12.3 Å². The van der Waals surface area contributed by atoms with E-state index in [2.05, 4.69) is 10.4 Å². The first-order chi connectivity index (χ1) is 16.4. The fraction of sp³-hybridized carbons (Fsp3) is 0.360. The van der Waals surface area contributed by atoms with Gasteiger partial charge in [-0.15, -0.1) is 0 Å². The van der Waals surface area contributed by atoms with Gasteiger partial charge < -0.3 is 15.1 Å². The van der Waals surface area contributed by atoms with Crippen LogP contribution in [-0.4, -0.2) is 69.7 Å². The number of nitrogens with one attached hydrogen (secondary N) is 1. The third-order valence-electron chi connectivity index (χ3n) is 6.82. The number of nitrogens with zero attached hydrogens (tertiary/aromatic N) is 4. The van der Waals surface area contributed by atoms with Crippen molar-refractivity contribution in [3.63, 3.8) is 0 Å². The fourth-order valence-corrected chi connectivity index (χ4v) is 4.61. The number of hydrogen-bond donors (Lipinski definition) is 1. The summed E-state index contributed by atoms with van der Waals surface area (Å²) in [7, 11) is 0. The van der Waals surface area contributed by atoms with Gasteiger partial charge >= 0.3 is 0 Å². The fourth-order valence-electron chi connectivity index (χ4n) is 4.61.